The summed E-state index contributed by atoms with van der Waals surface area (Å²) in [6.07, 6.45) is 2.12. The number of allylic oxidation sites excluding steroid dienone is 4. The molecule has 144 valence electrons. The SMILES string of the molecule is C=C/C(Cl)=C(CC(O)c1ccc(OC(F)F)c(OC(F)F)c1)\C(C)=C/C. The van der Waals surface area contributed by atoms with Crippen molar-refractivity contribution in [1.29, 1.82) is 0 Å². The lowest BCUT2D eigenvalue weighted by atomic mass is 9.96. The summed E-state index contributed by atoms with van der Waals surface area (Å²) in [5, 5.41) is 10.8. The summed E-state index contributed by atoms with van der Waals surface area (Å²) in [7, 11) is 0. The molecule has 0 fully saturated rings. The third kappa shape index (κ3) is 6.38. The van der Waals surface area contributed by atoms with E-state index in [1.165, 1.54) is 12.1 Å². The zero-order valence-corrected chi connectivity index (χ0v) is 14.9. The minimum absolute atomic E-state index is 0.0597. The summed E-state index contributed by atoms with van der Waals surface area (Å²) >= 11 is 6.10. The van der Waals surface area contributed by atoms with Gasteiger partial charge in [0, 0.05) is 11.5 Å². The van der Waals surface area contributed by atoms with Crippen molar-refractivity contribution in [2.45, 2.75) is 39.6 Å². The van der Waals surface area contributed by atoms with Gasteiger partial charge in [0.25, 0.3) is 0 Å². The summed E-state index contributed by atoms with van der Waals surface area (Å²) in [5.74, 6) is -1.15. The average molecular weight is 395 g/mol. The van der Waals surface area contributed by atoms with Crippen LogP contribution in [0.15, 0.2) is 53.1 Å². The van der Waals surface area contributed by atoms with E-state index in [1.54, 1.807) is 19.9 Å². The fourth-order valence-electron chi connectivity index (χ4n) is 2.17. The highest BCUT2D eigenvalue weighted by Gasteiger charge is 2.19. The largest absolute Gasteiger partial charge is 0.431 e. The molecule has 0 aliphatic rings. The van der Waals surface area contributed by atoms with E-state index in [0.717, 1.165) is 17.7 Å². The fraction of sp³-hybridized carbons (Fsp3) is 0.333. The minimum atomic E-state index is -3.24. The van der Waals surface area contributed by atoms with Crippen molar-refractivity contribution in [3.8, 4) is 11.5 Å². The molecule has 0 heterocycles. The number of aliphatic hydroxyl groups is 1. The van der Waals surface area contributed by atoms with Gasteiger partial charge in [-0.05, 0) is 37.1 Å². The number of rotatable bonds is 9. The zero-order valence-electron chi connectivity index (χ0n) is 14.2. The molecule has 1 N–H and O–H groups in total. The molecular weight excluding hydrogens is 376 g/mol. The van der Waals surface area contributed by atoms with Crippen LogP contribution in [0.1, 0.15) is 31.9 Å². The Hall–Kier alpha value is -1.99. The van der Waals surface area contributed by atoms with Crippen molar-refractivity contribution in [2.75, 3.05) is 0 Å². The van der Waals surface area contributed by atoms with E-state index >= 15 is 0 Å². The summed E-state index contributed by atoms with van der Waals surface area (Å²) in [4.78, 5) is 0. The smallest absolute Gasteiger partial charge is 0.387 e. The van der Waals surface area contributed by atoms with Crippen molar-refractivity contribution in [1.82, 2.24) is 0 Å². The van der Waals surface area contributed by atoms with Crippen molar-refractivity contribution in [3.05, 3.63) is 58.7 Å². The van der Waals surface area contributed by atoms with E-state index in [1.807, 2.05) is 0 Å². The van der Waals surface area contributed by atoms with Crippen LogP contribution in [0.25, 0.3) is 0 Å². The van der Waals surface area contributed by atoms with E-state index in [4.69, 9.17) is 11.6 Å². The average Bonchev–Trinajstić information content (AvgIpc) is 2.58. The van der Waals surface area contributed by atoms with Crippen LogP contribution in [0.2, 0.25) is 0 Å². The summed E-state index contributed by atoms with van der Waals surface area (Å²) in [6.45, 7) is 0.715. The number of hydrogen-bond donors (Lipinski definition) is 1. The quantitative estimate of drug-likeness (QED) is 0.415. The molecule has 0 saturated carbocycles. The van der Waals surface area contributed by atoms with Crippen LogP contribution in [-0.4, -0.2) is 18.3 Å². The standard InChI is InChI=1S/C18H19ClF4O3/c1-4-10(3)12(13(19)5-2)9-14(24)11-6-7-15(25-17(20)21)16(8-11)26-18(22)23/h4-8,14,17-18,24H,2,9H2,1,3H3/b10-4-,13-12+. The summed E-state index contributed by atoms with van der Waals surface area (Å²) in [6, 6.07) is 3.34. The molecule has 0 spiro atoms. The molecule has 3 nitrogen and oxygen atoms in total. The van der Waals surface area contributed by atoms with Crippen LogP contribution >= 0.6 is 11.6 Å². The van der Waals surface area contributed by atoms with Crippen molar-refractivity contribution < 1.29 is 32.1 Å². The number of alkyl halides is 4. The number of benzene rings is 1. The number of halogens is 5. The monoisotopic (exact) mass is 394 g/mol. The predicted molar refractivity (Wildman–Crippen MR) is 91.8 cm³/mol. The van der Waals surface area contributed by atoms with Gasteiger partial charge in [0.05, 0.1) is 6.10 Å². The first-order valence-corrected chi connectivity index (χ1v) is 7.93. The molecule has 0 radical (unpaired) electrons. The Kier molecular flexibility index (Phi) is 8.68. The maximum atomic E-state index is 12.5. The van der Waals surface area contributed by atoms with Gasteiger partial charge in [0.2, 0.25) is 0 Å². The second-order valence-corrected chi connectivity index (χ2v) is 5.59. The first kappa shape index (κ1) is 22.1. The van der Waals surface area contributed by atoms with Crippen LogP contribution in [0, 0.1) is 0 Å². The molecule has 0 aliphatic heterocycles. The van der Waals surface area contributed by atoms with Crippen molar-refractivity contribution >= 4 is 11.6 Å². The predicted octanol–water partition coefficient (Wildman–Crippen LogP) is 5.96. The second-order valence-electron chi connectivity index (χ2n) is 5.19. The normalized spacial score (nSPS) is 14.3. The van der Waals surface area contributed by atoms with Gasteiger partial charge in [0.1, 0.15) is 0 Å². The van der Waals surface area contributed by atoms with Crippen LogP contribution < -0.4 is 9.47 Å². The molecular formula is C18H19ClF4O3. The van der Waals surface area contributed by atoms with E-state index in [0.29, 0.717) is 10.6 Å². The Balaban J connectivity index is 3.19. The molecule has 0 aromatic heterocycles. The molecule has 0 saturated heterocycles. The van der Waals surface area contributed by atoms with Gasteiger partial charge in [-0.25, -0.2) is 0 Å². The maximum Gasteiger partial charge on any atom is 0.387 e. The Bertz CT molecular complexity index is 687. The third-order valence-electron chi connectivity index (χ3n) is 3.56. The molecule has 1 aromatic carbocycles. The van der Waals surface area contributed by atoms with Crippen LogP contribution in [-0.2, 0) is 0 Å². The van der Waals surface area contributed by atoms with Gasteiger partial charge in [-0.15, -0.1) is 0 Å². The number of hydrogen-bond acceptors (Lipinski definition) is 3. The van der Waals surface area contributed by atoms with E-state index < -0.39 is 30.8 Å². The third-order valence-corrected chi connectivity index (χ3v) is 3.94. The highest BCUT2D eigenvalue weighted by Crippen LogP contribution is 2.36. The number of ether oxygens (including phenoxy) is 2. The molecule has 1 atom stereocenters. The van der Waals surface area contributed by atoms with Gasteiger partial charge >= 0.3 is 13.2 Å². The highest BCUT2D eigenvalue weighted by molar-refractivity contribution is 6.31. The van der Waals surface area contributed by atoms with E-state index in [2.05, 4.69) is 16.1 Å². The Morgan fingerprint density at radius 3 is 2.27 bits per heavy atom. The molecule has 0 bridgehead atoms. The van der Waals surface area contributed by atoms with Gasteiger partial charge in [-0.3, -0.25) is 0 Å². The molecule has 8 heteroatoms. The van der Waals surface area contributed by atoms with Crippen molar-refractivity contribution in [3.63, 3.8) is 0 Å². The molecule has 1 aromatic rings. The van der Waals surface area contributed by atoms with Gasteiger partial charge in [0.15, 0.2) is 11.5 Å². The van der Waals surface area contributed by atoms with Gasteiger partial charge in [-0.2, -0.15) is 17.6 Å². The number of aliphatic hydroxyl groups excluding tert-OH is 1. The molecule has 0 aliphatic carbocycles. The topological polar surface area (TPSA) is 38.7 Å². The van der Waals surface area contributed by atoms with E-state index in [9.17, 15) is 22.7 Å². The first-order chi connectivity index (χ1) is 12.2. The molecule has 1 unspecified atom stereocenters. The Morgan fingerprint density at radius 2 is 1.77 bits per heavy atom. The minimum Gasteiger partial charge on any atom is -0.431 e. The highest BCUT2D eigenvalue weighted by atomic mass is 35.5. The van der Waals surface area contributed by atoms with Crippen LogP contribution in [0.3, 0.4) is 0 Å². The second kappa shape index (κ2) is 10.2. The van der Waals surface area contributed by atoms with Gasteiger partial charge in [-0.1, -0.05) is 42.0 Å². The molecule has 1 rings (SSSR count). The first-order valence-electron chi connectivity index (χ1n) is 7.55. The van der Waals surface area contributed by atoms with Gasteiger partial charge < -0.3 is 14.6 Å². The van der Waals surface area contributed by atoms with Crippen LogP contribution in [0.5, 0.6) is 11.5 Å². The Labute approximate surface area is 154 Å². The van der Waals surface area contributed by atoms with E-state index in [-0.39, 0.29) is 12.0 Å². The fourth-order valence-corrected chi connectivity index (χ4v) is 2.40. The molecule has 26 heavy (non-hydrogen) atoms. The van der Waals surface area contributed by atoms with Crippen LogP contribution in [0.4, 0.5) is 17.6 Å². The lowest BCUT2D eigenvalue weighted by Crippen LogP contribution is -2.09. The zero-order chi connectivity index (χ0) is 19.9. The summed E-state index contributed by atoms with van der Waals surface area (Å²) in [5.41, 5.74) is 1.59. The Morgan fingerprint density at radius 1 is 1.19 bits per heavy atom. The maximum absolute atomic E-state index is 12.5. The lowest BCUT2D eigenvalue weighted by molar-refractivity contribution is -0.0693. The lowest BCUT2D eigenvalue weighted by Gasteiger charge is -2.18. The molecule has 0 amide bonds. The van der Waals surface area contributed by atoms with Crippen molar-refractivity contribution in [2.24, 2.45) is 0 Å². The summed E-state index contributed by atoms with van der Waals surface area (Å²) < 4.78 is 58.1.